The van der Waals surface area contributed by atoms with Gasteiger partial charge in [0.1, 0.15) is 0 Å². The van der Waals surface area contributed by atoms with Crippen molar-refractivity contribution in [2.24, 2.45) is 10.8 Å². The predicted molar refractivity (Wildman–Crippen MR) is 130 cm³/mol. The predicted octanol–water partition coefficient (Wildman–Crippen LogP) is 6.03. The Morgan fingerprint density at radius 2 is 1.30 bits per heavy atom. The Morgan fingerprint density at radius 3 is 1.76 bits per heavy atom. The molecular weight excluding hydrogens is 447 g/mol. The zero-order valence-electron chi connectivity index (χ0n) is 21.5. The molecule has 0 aromatic carbocycles. The van der Waals surface area contributed by atoms with Gasteiger partial charge in [0.15, 0.2) is 0 Å². The van der Waals surface area contributed by atoms with Crippen LogP contribution in [0.4, 0.5) is 0 Å². The zero-order valence-corrected chi connectivity index (χ0v) is 22.4. The van der Waals surface area contributed by atoms with Crippen LogP contribution >= 0.6 is 7.82 Å². The van der Waals surface area contributed by atoms with Crippen molar-refractivity contribution in [1.29, 1.82) is 0 Å². The summed E-state index contributed by atoms with van der Waals surface area (Å²) < 4.78 is 21.0. The minimum absolute atomic E-state index is 0.0232. The number of rotatable bonds is 21. The molecule has 8 nitrogen and oxygen atoms in total. The van der Waals surface area contributed by atoms with E-state index in [-0.39, 0.29) is 30.5 Å². The van der Waals surface area contributed by atoms with E-state index in [9.17, 15) is 19.6 Å². The molecule has 0 fully saturated rings. The molecule has 0 amide bonds. The molecule has 0 rings (SSSR count). The Bertz CT molecular complexity index is 583. The molecule has 0 saturated heterocycles. The van der Waals surface area contributed by atoms with E-state index < -0.39 is 19.6 Å². The number of unbranched alkanes of at least 4 members (excludes halogenated alkanes) is 2. The van der Waals surface area contributed by atoms with Gasteiger partial charge in [0.05, 0.1) is 13.2 Å². The summed E-state index contributed by atoms with van der Waals surface area (Å²) in [6.45, 7) is 10.6. The Hall–Kier alpha value is -0.500. The number of carbonyl (C=O) groups is 1. The number of aliphatic hydroxyl groups is 1. The number of carboxylic acid groups (broad SMARTS) is 1. The van der Waals surface area contributed by atoms with Crippen LogP contribution in [0.1, 0.15) is 118 Å². The fraction of sp³-hybridized carbons (Fsp3) is 0.958. The van der Waals surface area contributed by atoms with E-state index in [2.05, 4.69) is 25.3 Å². The molecule has 33 heavy (non-hydrogen) atoms. The zero-order chi connectivity index (χ0) is 25.6. The average Bonchev–Trinajstić information content (AvgIpc) is 2.77. The van der Waals surface area contributed by atoms with E-state index in [1.807, 2.05) is 13.8 Å². The van der Waals surface area contributed by atoms with Crippen LogP contribution in [-0.2, 0) is 18.6 Å². The summed E-state index contributed by atoms with van der Waals surface area (Å²) >= 11 is 0. The quantitative estimate of drug-likeness (QED) is 0.0860. The molecule has 0 aromatic rings. The summed E-state index contributed by atoms with van der Waals surface area (Å²) in [5.74, 6) is -3.50. The standard InChI is InChI=1S/C24H49O8P/c1-6-11-15-23(9-4,10-5)20-24(27,21(25)26)31-18-13-12-16-22(7-2,8-3)17-14-19-32-33(28,29)30/h27H,6-20H2,1-5H3,(H,25,26)(H2,28,29,30). The van der Waals surface area contributed by atoms with Gasteiger partial charge in [-0.1, -0.05) is 79.6 Å². The minimum atomic E-state index is -4.43. The normalized spacial score (nSPS) is 14.9. The molecular formula is C24H49O8P. The van der Waals surface area contributed by atoms with Gasteiger partial charge < -0.3 is 24.7 Å². The van der Waals surface area contributed by atoms with Crippen LogP contribution in [0.15, 0.2) is 0 Å². The maximum absolute atomic E-state index is 11.9. The van der Waals surface area contributed by atoms with E-state index in [4.69, 9.17) is 14.5 Å². The Labute approximate surface area is 200 Å². The van der Waals surface area contributed by atoms with Crippen LogP contribution in [0.5, 0.6) is 0 Å². The highest BCUT2D eigenvalue weighted by atomic mass is 31.2. The Kier molecular flexibility index (Phi) is 15.3. The fourth-order valence-corrected chi connectivity index (χ4v) is 5.11. The lowest BCUT2D eigenvalue weighted by molar-refractivity contribution is -0.236. The van der Waals surface area contributed by atoms with Crippen molar-refractivity contribution in [2.45, 2.75) is 124 Å². The molecule has 0 heterocycles. The van der Waals surface area contributed by atoms with E-state index >= 15 is 0 Å². The molecule has 0 aromatic heterocycles. The number of phosphoric acid groups is 1. The summed E-state index contributed by atoms with van der Waals surface area (Å²) in [5, 5.41) is 20.6. The van der Waals surface area contributed by atoms with Gasteiger partial charge >= 0.3 is 13.8 Å². The van der Waals surface area contributed by atoms with Gasteiger partial charge in [-0.15, -0.1) is 0 Å². The highest BCUT2D eigenvalue weighted by Crippen LogP contribution is 2.42. The number of aliphatic carboxylic acids is 1. The first kappa shape index (κ1) is 32.5. The van der Waals surface area contributed by atoms with E-state index in [0.29, 0.717) is 12.8 Å². The first-order valence-corrected chi connectivity index (χ1v) is 14.2. The topological polar surface area (TPSA) is 134 Å². The van der Waals surface area contributed by atoms with Gasteiger partial charge in [-0.2, -0.15) is 0 Å². The van der Waals surface area contributed by atoms with Gasteiger partial charge in [0, 0.05) is 6.42 Å². The van der Waals surface area contributed by atoms with Crippen LogP contribution in [0.25, 0.3) is 0 Å². The lowest BCUT2D eigenvalue weighted by Gasteiger charge is -2.38. The third kappa shape index (κ3) is 12.1. The summed E-state index contributed by atoms with van der Waals surface area (Å²) in [4.78, 5) is 29.5. The summed E-state index contributed by atoms with van der Waals surface area (Å²) in [5.41, 5.74) is -0.209. The lowest BCUT2D eigenvalue weighted by atomic mass is 9.72. The average molecular weight is 497 g/mol. The molecule has 1 atom stereocenters. The smallest absolute Gasteiger partial charge is 0.469 e. The van der Waals surface area contributed by atoms with E-state index in [1.54, 1.807) is 0 Å². The molecule has 0 bridgehead atoms. The molecule has 0 radical (unpaired) electrons. The summed E-state index contributed by atoms with van der Waals surface area (Å²) in [7, 11) is -4.43. The molecule has 0 aliphatic rings. The summed E-state index contributed by atoms with van der Waals surface area (Å²) in [6, 6.07) is 0. The van der Waals surface area contributed by atoms with Crippen molar-refractivity contribution in [2.75, 3.05) is 13.2 Å². The minimum Gasteiger partial charge on any atom is -0.477 e. The SMILES string of the molecule is CCCCC(CC)(CC)CC(O)(OCCCCC(CC)(CC)CCCOP(=O)(O)O)C(=O)O. The number of ether oxygens (including phenoxy) is 1. The summed E-state index contributed by atoms with van der Waals surface area (Å²) in [6.07, 6.45) is 10.2. The van der Waals surface area contributed by atoms with E-state index in [1.165, 1.54) is 0 Å². The second-order valence-electron chi connectivity index (χ2n) is 9.52. The number of hydrogen-bond donors (Lipinski definition) is 4. The van der Waals surface area contributed by atoms with Gasteiger partial charge in [-0.05, 0) is 42.9 Å². The number of phosphoric ester groups is 1. The molecule has 4 N–H and O–H groups in total. The Balaban J connectivity index is 4.81. The van der Waals surface area contributed by atoms with E-state index in [0.717, 1.165) is 64.2 Å². The molecule has 198 valence electrons. The van der Waals surface area contributed by atoms with Crippen molar-refractivity contribution in [3.8, 4) is 0 Å². The highest BCUT2D eigenvalue weighted by molar-refractivity contribution is 7.46. The molecule has 0 spiro atoms. The molecule has 1 unspecified atom stereocenters. The van der Waals surface area contributed by atoms with Crippen molar-refractivity contribution in [3.05, 3.63) is 0 Å². The first-order chi connectivity index (χ1) is 15.4. The van der Waals surface area contributed by atoms with Gasteiger partial charge in [0.2, 0.25) is 0 Å². The van der Waals surface area contributed by atoms with Crippen molar-refractivity contribution < 1.29 is 38.6 Å². The Morgan fingerprint density at radius 1 is 0.788 bits per heavy atom. The molecule has 0 aliphatic carbocycles. The van der Waals surface area contributed by atoms with Crippen LogP contribution < -0.4 is 0 Å². The fourth-order valence-electron chi connectivity index (χ4n) is 4.75. The van der Waals surface area contributed by atoms with Gasteiger partial charge in [0.25, 0.3) is 5.79 Å². The highest BCUT2D eigenvalue weighted by Gasteiger charge is 2.44. The van der Waals surface area contributed by atoms with Crippen molar-refractivity contribution in [1.82, 2.24) is 0 Å². The van der Waals surface area contributed by atoms with Crippen LogP contribution in [0.2, 0.25) is 0 Å². The third-order valence-electron chi connectivity index (χ3n) is 7.56. The monoisotopic (exact) mass is 496 g/mol. The van der Waals surface area contributed by atoms with Crippen molar-refractivity contribution in [3.63, 3.8) is 0 Å². The molecule has 0 saturated carbocycles. The van der Waals surface area contributed by atoms with Crippen molar-refractivity contribution >= 4 is 13.8 Å². The van der Waals surface area contributed by atoms with Gasteiger partial charge in [-0.3, -0.25) is 4.52 Å². The van der Waals surface area contributed by atoms with Gasteiger partial charge in [-0.25, -0.2) is 9.36 Å². The largest absolute Gasteiger partial charge is 0.477 e. The number of hydrogen-bond acceptors (Lipinski definition) is 5. The number of carboxylic acids is 1. The first-order valence-electron chi connectivity index (χ1n) is 12.7. The van der Waals surface area contributed by atoms with Crippen LogP contribution in [0.3, 0.4) is 0 Å². The maximum atomic E-state index is 11.9. The van der Waals surface area contributed by atoms with Crippen LogP contribution in [-0.4, -0.2) is 45.0 Å². The molecule has 0 aliphatic heterocycles. The second kappa shape index (κ2) is 15.5. The third-order valence-corrected chi connectivity index (χ3v) is 8.08. The maximum Gasteiger partial charge on any atom is 0.469 e. The second-order valence-corrected chi connectivity index (χ2v) is 10.8. The van der Waals surface area contributed by atoms with Crippen LogP contribution in [0, 0.1) is 10.8 Å². The lowest BCUT2D eigenvalue weighted by Crippen LogP contribution is -2.46. The molecule has 9 heteroatoms.